The van der Waals surface area contributed by atoms with Gasteiger partial charge in [-0.1, -0.05) is 36.9 Å². The molecule has 1 amide bonds. The standard InChI is InChI=1S/C35H41N3O3/c1-7-36(8-2)25-17-19-29-32(22-25)41-33-23-26(37(9-3)10-4)18-20-30(33)35(29)28-15-12-11-14-27(28)34(40)38(35)21-13-16-31(39)24(5)6/h11-12,14-15,17-20,22-23H,5,7-10,13,16,21H2,1-4,6H3. The molecule has 0 saturated carbocycles. The highest BCUT2D eigenvalue weighted by atomic mass is 16.5. The van der Waals surface area contributed by atoms with Gasteiger partial charge in [-0.3, -0.25) is 9.59 Å². The predicted octanol–water partition coefficient (Wildman–Crippen LogP) is 7.16. The smallest absolute Gasteiger partial charge is 0.255 e. The molecule has 214 valence electrons. The molecular weight excluding hydrogens is 510 g/mol. The molecule has 41 heavy (non-hydrogen) atoms. The van der Waals surface area contributed by atoms with Gasteiger partial charge in [0.2, 0.25) is 0 Å². The van der Waals surface area contributed by atoms with E-state index in [0.29, 0.717) is 30.5 Å². The number of hydrogen-bond acceptors (Lipinski definition) is 5. The zero-order valence-electron chi connectivity index (χ0n) is 25.0. The Morgan fingerprint density at radius 1 is 0.829 bits per heavy atom. The summed E-state index contributed by atoms with van der Waals surface area (Å²) >= 11 is 0. The number of amides is 1. The summed E-state index contributed by atoms with van der Waals surface area (Å²) in [5.74, 6) is 1.52. The fourth-order valence-electron chi connectivity index (χ4n) is 6.51. The maximum atomic E-state index is 14.2. The van der Waals surface area contributed by atoms with E-state index in [2.05, 4.69) is 86.5 Å². The molecule has 6 nitrogen and oxygen atoms in total. The van der Waals surface area contributed by atoms with Gasteiger partial charge in [0.25, 0.3) is 5.91 Å². The second kappa shape index (κ2) is 11.4. The molecule has 1 spiro atoms. The van der Waals surface area contributed by atoms with Gasteiger partial charge in [-0.05, 0) is 70.4 Å². The van der Waals surface area contributed by atoms with Crippen molar-refractivity contribution in [2.45, 2.75) is 53.0 Å². The number of carbonyl (C=O) groups excluding carboxylic acids is 2. The highest BCUT2D eigenvalue weighted by molar-refractivity contribution is 6.02. The monoisotopic (exact) mass is 551 g/mol. The molecule has 0 fully saturated rings. The number of allylic oxidation sites excluding steroid dienone is 1. The number of hydrogen-bond donors (Lipinski definition) is 0. The van der Waals surface area contributed by atoms with E-state index in [1.165, 1.54) is 0 Å². The summed E-state index contributed by atoms with van der Waals surface area (Å²) in [7, 11) is 0. The van der Waals surface area contributed by atoms with Gasteiger partial charge in [0.15, 0.2) is 5.78 Å². The molecule has 0 aromatic heterocycles. The Balaban J connectivity index is 1.75. The van der Waals surface area contributed by atoms with Crippen LogP contribution < -0.4 is 14.5 Å². The lowest BCUT2D eigenvalue weighted by Crippen LogP contribution is -2.47. The van der Waals surface area contributed by atoms with Crippen LogP contribution in [0.4, 0.5) is 11.4 Å². The average molecular weight is 552 g/mol. The Labute approximate surface area is 244 Å². The maximum absolute atomic E-state index is 14.2. The van der Waals surface area contributed by atoms with Crippen molar-refractivity contribution < 1.29 is 14.3 Å². The number of benzene rings is 3. The van der Waals surface area contributed by atoms with Crippen LogP contribution in [0.1, 0.15) is 74.5 Å². The summed E-state index contributed by atoms with van der Waals surface area (Å²) in [4.78, 5) is 33.2. The van der Waals surface area contributed by atoms with E-state index in [1.807, 2.05) is 23.1 Å². The molecule has 0 atom stereocenters. The van der Waals surface area contributed by atoms with E-state index in [-0.39, 0.29) is 11.7 Å². The predicted molar refractivity (Wildman–Crippen MR) is 166 cm³/mol. The van der Waals surface area contributed by atoms with Crippen molar-refractivity contribution in [3.05, 3.63) is 95.1 Å². The Morgan fingerprint density at radius 2 is 1.37 bits per heavy atom. The van der Waals surface area contributed by atoms with Crippen molar-refractivity contribution in [1.29, 1.82) is 0 Å². The highest BCUT2D eigenvalue weighted by Gasteiger charge is 2.56. The average Bonchev–Trinajstić information content (AvgIpc) is 3.22. The van der Waals surface area contributed by atoms with Crippen LogP contribution in [0.3, 0.4) is 0 Å². The van der Waals surface area contributed by atoms with Gasteiger partial charge < -0.3 is 19.4 Å². The molecule has 2 heterocycles. The first kappa shape index (κ1) is 28.5. The molecule has 2 aliphatic rings. The van der Waals surface area contributed by atoms with E-state index < -0.39 is 5.54 Å². The first-order chi connectivity index (χ1) is 19.8. The summed E-state index contributed by atoms with van der Waals surface area (Å²) in [5.41, 5.74) is 5.39. The lowest BCUT2D eigenvalue weighted by Gasteiger charge is -2.45. The van der Waals surface area contributed by atoms with Crippen molar-refractivity contribution in [3.63, 3.8) is 0 Å². The van der Waals surface area contributed by atoms with Crippen molar-refractivity contribution in [2.24, 2.45) is 0 Å². The minimum absolute atomic E-state index is 0.0252. The first-order valence-corrected chi connectivity index (χ1v) is 14.9. The molecule has 6 heteroatoms. The summed E-state index contributed by atoms with van der Waals surface area (Å²) < 4.78 is 6.74. The van der Waals surface area contributed by atoms with Crippen molar-refractivity contribution in [2.75, 3.05) is 42.5 Å². The number of Topliss-reactive ketones (excluding diaryl/α,β-unsaturated/α-hetero) is 1. The van der Waals surface area contributed by atoms with Crippen LogP contribution in [0, 0.1) is 0 Å². The molecule has 0 aliphatic carbocycles. The third-order valence-electron chi connectivity index (χ3n) is 8.65. The van der Waals surface area contributed by atoms with Crippen LogP contribution >= 0.6 is 0 Å². The molecule has 0 bridgehead atoms. The molecule has 0 N–H and O–H groups in total. The number of fused-ring (bicyclic) bond motifs is 6. The highest BCUT2D eigenvalue weighted by Crippen LogP contribution is 2.58. The quantitative estimate of drug-likeness (QED) is 0.237. The van der Waals surface area contributed by atoms with Gasteiger partial charge in [-0.25, -0.2) is 0 Å². The van der Waals surface area contributed by atoms with Crippen LogP contribution in [0.15, 0.2) is 72.8 Å². The van der Waals surface area contributed by atoms with Crippen LogP contribution in [-0.2, 0) is 10.3 Å². The molecule has 5 rings (SSSR count). The van der Waals surface area contributed by atoms with Crippen LogP contribution in [0.2, 0.25) is 0 Å². The summed E-state index contributed by atoms with van der Waals surface area (Å²) in [5, 5.41) is 0. The second-order valence-corrected chi connectivity index (χ2v) is 10.8. The lowest BCUT2D eigenvalue weighted by molar-refractivity contribution is -0.115. The fourth-order valence-corrected chi connectivity index (χ4v) is 6.51. The summed E-state index contributed by atoms with van der Waals surface area (Å²) in [6.45, 7) is 18.1. The molecule has 0 saturated heterocycles. The Morgan fingerprint density at radius 3 is 1.88 bits per heavy atom. The third kappa shape index (κ3) is 4.59. The SMILES string of the molecule is C=C(C)C(=O)CCCN1C(=O)c2ccccc2C12c1ccc(N(CC)CC)cc1Oc1cc(N(CC)CC)ccc12. The molecule has 2 aliphatic heterocycles. The Kier molecular flexibility index (Phi) is 7.94. The normalized spacial score (nSPS) is 14.3. The van der Waals surface area contributed by atoms with Crippen LogP contribution in [-0.4, -0.2) is 49.3 Å². The molecule has 3 aromatic carbocycles. The van der Waals surface area contributed by atoms with E-state index in [9.17, 15) is 9.59 Å². The molecule has 0 unspecified atom stereocenters. The van der Waals surface area contributed by atoms with Gasteiger partial charge in [-0.15, -0.1) is 0 Å². The molecular formula is C35H41N3O3. The zero-order chi connectivity index (χ0) is 29.3. The Bertz CT molecular complexity index is 1420. The van der Waals surface area contributed by atoms with Crippen LogP contribution in [0.25, 0.3) is 0 Å². The van der Waals surface area contributed by atoms with E-state index in [1.54, 1.807) is 6.92 Å². The number of ketones is 1. The maximum Gasteiger partial charge on any atom is 0.255 e. The second-order valence-electron chi connectivity index (χ2n) is 10.8. The van der Waals surface area contributed by atoms with Gasteiger partial charge in [0.05, 0.1) is 0 Å². The lowest BCUT2D eigenvalue weighted by atomic mass is 9.74. The minimum atomic E-state index is -0.869. The number of ether oxygens (including phenoxy) is 1. The number of anilines is 2. The number of rotatable bonds is 11. The Hall–Kier alpha value is -4.06. The minimum Gasteiger partial charge on any atom is -0.456 e. The summed E-state index contributed by atoms with van der Waals surface area (Å²) in [6, 6.07) is 20.7. The van der Waals surface area contributed by atoms with Crippen molar-refractivity contribution in [1.82, 2.24) is 4.90 Å². The van der Waals surface area contributed by atoms with E-state index >= 15 is 0 Å². The van der Waals surface area contributed by atoms with Gasteiger partial charge in [0.1, 0.15) is 17.0 Å². The van der Waals surface area contributed by atoms with E-state index in [0.717, 1.165) is 65.7 Å². The molecule has 0 radical (unpaired) electrons. The van der Waals surface area contributed by atoms with Gasteiger partial charge in [-0.2, -0.15) is 0 Å². The van der Waals surface area contributed by atoms with Gasteiger partial charge in [0, 0.05) is 79.3 Å². The van der Waals surface area contributed by atoms with Crippen LogP contribution in [0.5, 0.6) is 11.5 Å². The molecule has 3 aromatic rings. The number of nitrogens with zero attached hydrogens (tertiary/aromatic N) is 3. The zero-order valence-corrected chi connectivity index (χ0v) is 25.0. The summed E-state index contributed by atoms with van der Waals surface area (Å²) in [6.07, 6.45) is 0.900. The van der Waals surface area contributed by atoms with Gasteiger partial charge >= 0.3 is 0 Å². The largest absolute Gasteiger partial charge is 0.456 e. The number of carbonyl (C=O) groups is 2. The topological polar surface area (TPSA) is 53.1 Å². The van der Waals surface area contributed by atoms with Crippen molar-refractivity contribution >= 4 is 23.1 Å². The van der Waals surface area contributed by atoms with Crippen molar-refractivity contribution in [3.8, 4) is 11.5 Å². The fraction of sp³-hybridized carbons (Fsp3) is 0.371. The van der Waals surface area contributed by atoms with E-state index in [4.69, 9.17) is 4.74 Å². The third-order valence-corrected chi connectivity index (χ3v) is 8.65. The first-order valence-electron chi connectivity index (χ1n) is 14.9.